The van der Waals surface area contributed by atoms with E-state index in [1.807, 2.05) is 0 Å². The summed E-state index contributed by atoms with van der Waals surface area (Å²) in [4.78, 5) is 11.6. The third kappa shape index (κ3) is 3.12. The van der Waals surface area contributed by atoms with E-state index >= 15 is 0 Å². The van der Waals surface area contributed by atoms with Crippen LogP contribution in [0, 0.1) is 0 Å². The van der Waals surface area contributed by atoms with Gasteiger partial charge in [0.25, 0.3) is 0 Å². The van der Waals surface area contributed by atoms with Gasteiger partial charge in [0, 0.05) is 7.11 Å². The van der Waals surface area contributed by atoms with Crippen LogP contribution in [0.2, 0.25) is 5.02 Å². The van der Waals surface area contributed by atoms with Crippen LogP contribution in [0.25, 0.3) is 0 Å². The van der Waals surface area contributed by atoms with Crippen LogP contribution in [0.4, 0.5) is 5.69 Å². The third-order valence-corrected chi connectivity index (χ3v) is 2.52. The number of carbonyl (C=O) groups excluding carboxylic acids is 1. The van der Waals surface area contributed by atoms with E-state index in [1.54, 1.807) is 32.2 Å². The Morgan fingerprint density at radius 1 is 1.56 bits per heavy atom. The molecule has 1 rings (SSSR count). The van der Waals surface area contributed by atoms with Crippen LogP contribution in [-0.4, -0.2) is 25.8 Å². The molecule has 1 aromatic rings. The molecule has 2 N–H and O–H groups in total. The molecule has 16 heavy (non-hydrogen) atoms. The van der Waals surface area contributed by atoms with Gasteiger partial charge in [-0.05, 0) is 19.1 Å². The normalized spacial score (nSPS) is 12.2. The number of rotatable bonds is 4. The molecule has 0 aliphatic heterocycles. The lowest BCUT2D eigenvalue weighted by Gasteiger charge is -2.11. The van der Waals surface area contributed by atoms with Gasteiger partial charge in [-0.25, -0.2) is 4.79 Å². The summed E-state index contributed by atoms with van der Waals surface area (Å²) >= 11 is 5.88. The molecule has 0 aromatic heterocycles. The van der Waals surface area contributed by atoms with Crippen LogP contribution in [0.1, 0.15) is 17.3 Å². The summed E-state index contributed by atoms with van der Waals surface area (Å²) in [6, 6.07) is 4.84. The smallest absolute Gasteiger partial charge is 0.339 e. The number of benzene rings is 1. The first-order valence-electron chi connectivity index (χ1n) is 4.80. The number of methoxy groups -OCH3 is 1. The lowest BCUT2D eigenvalue weighted by Crippen LogP contribution is -2.18. The molecule has 0 radical (unpaired) electrons. The van der Waals surface area contributed by atoms with Crippen LogP contribution in [0.15, 0.2) is 18.2 Å². The van der Waals surface area contributed by atoms with E-state index in [0.29, 0.717) is 5.69 Å². The molecule has 0 saturated carbocycles. The number of esters is 1. The van der Waals surface area contributed by atoms with Crippen molar-refractivity contribution in [1.29, 1.82) is 0 Å². The minimum atomic E-state index is -0.499. The van der Waals surface area contributed by atoms with E-state index in [-0.39, 0.29) is 23.3 Å². The van der Waals surface area contributed by atoms with Crippen LogP contribution in [0.3, 0.4) is 0 Å². The number of anilines is 1. The van der Waals surface area contributed by atoms with E-state index in [0.717, 1.165) is 0 Å². The molecule has 88 valence electrons. The van der Waals surface area contributed by atoms with Crippen molar-refractivity contribution in [2.24, 2.45) is 0 Å². The molecule has 0 saturated heterocycles. The van der Waals surface area contributed by atoms with Crippen molar-refractivity contribution >= 4 is 23.3 Å². The molecule has 5 heteroatoms. The zero-order valence-corrected chi connectivity index (χ0v) is 9.95. The fraction of sp³-hybridized carbons (Fsp3) is 0.364. The summed E-state index contributed by atoms with van der Waals surface area (Å²) in [7, 11) is 1.55. The molecule has 0 aliphatic carbocycles. The molecular formula is C11H14ClNO3. The van der Waals surface area contributed by atoms with Gasteiger partial charge in [0.15, 0.2) is 0 Å². The number of nitrogens with two attached hydrogens (primary N) is 1. The average molecular weight is 244 g/mol. The highest BCUT2D eigenvalue weighted by atomic mass is 35.5. The summed E-state index contributed by atoms with van der Waals surface area (Å²) in [5.41, 5.74) is 6.20. The predicted octanol–water partition coefficient (Wildman–Crippen LogP) is 2.11. The number of ether oxygens (including phenoxy) is 2. The van der Waals surface area contributed by atoms with Crippen molar-refractivity contribution in [1.82, 2.24) is 0 Å². The van der Waals surface area contributed by atoms with Gasteiger partial charge >= 0.3 is 5.97 Å². The molecule has 0 amide bonds. The highest BCUT2D eigenvalue weighted by Gasteiger charge is 2.14. The highest BCUT2D eigenvalue weighted by molar-refractivity contribution is 6.36. The summed E-state index contributed by atoms with van der Waals surface area (Å²) in [6.45, 7) is 1.98. The fourth-order valence-electron chi connectivity index (χ4n) is 1.05. The van der Waals surface area contributed by atoms with Gasteiger partial charge < -0.3 is 15.2 Å². The number of nitrogen functional groups attached to an aromatic ring is 1. The van der Waals surface area contributed by atoms with Gasteiger partial charge in [0.2, 0.25) is 0 Å². The minimum absolute atomic E-state index is 0.149. The molecule has 0 spiro atoms. The van der Waals surface area contributed by atoms with Crippen molar-refractivity contribution in [2.75, 3.05) is 19.5 Å². The number of carbonyl (C=O) groups is 1. The Balaban J connectivity index is 2.70. The van der Waals surface area contributed by atoms with E-state index < -0.39 is 5.97 Å². The van der Waals surface area contributed by atoms with Crippen molar-refractivity contribution in [2.45, 2.75) is 13.0 Å². The number of hydrogen-bond acceptors (Lipinski definition) is 4. The maximum Gasteiger partial charge on any atom is 0.339 e. The lowest BCUT2D eigenvalue weighted by atomic mass is 10.2. The first-order chi connectivity index (χ1) is 7.56. The van der Waals surface area contributed by atoms with Crippen LogP contribution >= 0.6 is 11.6 Å². The molecule has 0 fully saturated rings. The Hall–Kier alpha value is -1.26. The second kappa shape index (κ2) is 5.72. The van der Waals surface area contributed by atoms with Crippen LogP contribution < -0.4 is 5.73 Å². The molecule has 1 atom stereocenters. The standard InChI is InChI=1S/C11H14ClNO3/c1-7(15-2)6-16-11(14)8-4-3-5-9(13)10(8)12/h3-5,7H,6,13H2,1-2H3. The summed E-state index contributed by atoms with van der Waals surface area (Å²) in [5.74, 6) is -0.499. The Morgan fingerprint density at radius 2 is 2.25 bits per heavy atom. The SMILES string of the molecule is COC(C)COC(=O)c1cccc(N)c1Cl. The molecule has 4 nitrogen and oxygen atoms in total. The second-order valence-corrected chi connectivity index (χ2v) is 3.73. The van der Waals surface area contributed by atoms with Gasteiger partial charge in [0.1, 0.15) is 6.61 Å². The van der Waals surface area contributed by atoms with Gasteiger partial charge in [-0.2, -0.15) is 0 Å². The first kappa shape index (κ1) is 12.8. The van der Waals surface area contributed by atoms with E-state index in [2.05, 4.69) is 0 Å². The van der Waals surface area contributed by atoms with Crippen molar-refractivity contribution < 1.29 is 14.3 Å². The van der Waals surface area contributed by atoms with Gasteiger partial charge in [-0.3, -0.25) is 0 Å². The van der Waals surface area contributed by atoms with E-state index in [9.17, 15) is 4.79 Å². The second-order valence-electron chi connectivity index (χ2n) is 3.35. The Labute approximate surface area is 99.3 Å². The third-order valence-electron chi connectivity index (χ3n) is 2.10. The van der Waals surface area contributed by atoms with E-state index in [1.165, 1.54) is 0 Å². The summed E-state index contributed by atoms with van der Waals surface area (Å²) < 4.78 is 9.97. The number of hydrogen-bond donors (Lipinski definition) is 1. The molecule has 0 heterocycles. The Morgan fingerprint density at radius 3 is 2.88 bits per heavy atom. The topological polar surface area (TPSA) is 61.5 Å². The van der Waals surface area contributed by atoms with Crippen molar-refractivity contribution in [3.63, 3.8) is 0 Å². The fourth-order valence-corrected chi connectivity index (χ4v) is 1.25. The monoisotopic (exact) mass is 243 g/mol. The van der Waals surface area contributed by atoms with Gasteiger partial charge in [0.05, 0.1) is 22.4 Å². The van der Waals surface area contributed by atoms with Crippen molar-refractivity contribution in [3.05, 3.63) is 28.8 Å². The molecular weight excluding hydrogens is 230 g/mol. The van der Waals surface area contributed by atoms with E-state index in [4.69, 9.17) is 26.8 Å². The first-order valence-corrected chi connectivity index (χ1v) is 5.18. The largest absolute Gasteiger partial charge is 0.459 e. The number of halogens is 1. The lowest BCUT2D eigenvalue weighted by molar-refractivity contribution is 0.0169. The summed E-state index contributed by atoms with van der Waals surface area (Å²) in [5, 5.41) is 0.220. The van der Waals surface area contributed by atoms with Gasteiger partial charge in [-0.1, -0.05) is 17.7 Å². The molecule has 0 aliphatic rings. The van der Waals surface area contributed by atoms with Crippen LogP contribution in [-0.2, 0) is 9.47 Å². The molecule has 1 unspecified atom stereocenters. The maximum absolute atomic E-state index is 11.6. The quantitative estimate of drug-likeness (QED) is 0.650. The highest BCUT2D eigenvalue weighted by Crippen LogP contribution is 2.23. The average Bonchev–Trinajstić information content (AvgIpc) is 2.29. The zero-order valence-electron chi connectivity index (χ0n) is 9.20. The zero-order chi connectivity index (χ0) is 12.1. The molecule has 1 aromatic carbocycles. The minimum Gasteiger partial charge on any atom is -0.459 e. The summed E-state index contributed by atoms with van der Waals surface area (Å²) in [6.07, 6.45) is -0.149. The van der Waals surface area contributed by atoms with Gasteiger partial charge in [-0.15, -0.1) is 0 Å². The Bertz CT molecular complexity index is 381. The van der Waals surface area contributed by atoms with Crippen LogP contribution in [0.5, 0.6) is 0 Å². The predicted molar refractivity (Wildman–Crippen MR) is 62.6 cm³/mol. The Kier molecular flexibility index (Phi) is 4.58. The maximum atomic E-state index is 11.6. The molecule has 0 bridgehead atoms. The van der Waals surface area contributed by atoms with Crippen molar-refractivity contribution in [3.8, 4) is 0 Å².